The fraction of sp³-hybridized carbons (Fsp3) is 0.400. The highest BCUT2D eigenvalue weighted by atomic mass is 14.9. The zero-order valence-corrected chi connectivity index (χ0v) is 13.3. The quantitative estimate of drug-likeness (QED) is 0.831. The Morgan fingerprint density at radius 1 is 1.00 bits per heavy atom. The molecular weight excluding hydrogens is 254 g/mol. The van der Waals surface area contributed by atoms with Crippen LogP contribution in [0.25, 0.3) is 0 Å². The van der Waals surface area contributed by atoms with Gasteiger partial charge in [-0.1, -0.05) is 69.3 Å². The van der Waals surface area contributed by atoms with Gasteiger partial charge >= 0.3 is 0 Å². The molecule has 0 saturated carbocycles. The van der Waals surface area contributed by atoms with Crippen LogP contribution >= 0.6 is 0 Å². The second-order valence-electron chi connectivity index (χ2n) is 7.23. The molecular formula is C20H25N. The van der Waals surface area contributed by atoms with Crippen LogP contribution in [0.4, 0.5) is 5.69 Å². The van der Waals surface area contributed by atoms with Gasteiger partial charge in [0.15, 0.2) is 0 Å². The molecule has 1 unspecified atom stereocenters. The average molecular weight is 279 g/mol. The summed E-state index contributed by atoms with van der Waals surface area (Å²) in [5.41, 5.74) is 5.95. The average Bonchev–Trinajstić information content (AvgIpc) is 2.46. The van der Waals surface area contributed by atoms with Crippen molar-refractivity contribution in [1.82, 2.24) is 0 Å². The van der Waals surface area contributed by atoms with E-state index in [1.54, 1.807) is 0 Å². The van der Waals surface area contributed by atoms with E-state index in [9.17, 15) is 0 Å². The monoisotopic (exact) mass is 279 g/mol. The second-order valence-corrected chi connectivity index (χ2v) is 7.23. The highest BCUT2D eigenvalue weighted by molar-refractivity contribution is 5.61. The lowest BCUT2D eigenvalue weighted by molar-refractivity contribution is 0.527. The number of benzene rings is 2. The summed E-state index contributed by atoms with van der Waals surface area (Å²) in [5.74, 6) is 0.690. The summed E-state index contributed by atoms with van der Waals surface area (Å²) in [6.45, 7) is 7.95. The Bertz CT molecular complexity index is 607. The Hall–Kier alpha value is -1.76. The van der Waals surface area contributed by atoms with Gasteiger partial charge < -0.3 is 5.32 Å². The Morgan fingerprint density at radius 2 is 1.76 bits per heavy atom. The summed E-state index contributed by atoms with van der Waals surface area (Å²) >= 11 is 0. The van der Waals surface area contributed by atoms with Crippen molar-refractivity contribution in [2.45, 2.75) is 39.0 Å². The third-order valence-electron chi connectivity index (χ3n) is 4.40. The van der Waals surface area contributed by atoms with Crippen molar-refractivity contribution in [3.63, 3.8) is 0 Å². The molecule has 0 amide bonds. The van der Waals surface area contributed by atoms with Gasteiger partial charge in [-0.25, -0.2) is 0 Å². The van der Waals surface area contributed by atoms with Crippen molar-refractivity contribution >= 4 is 5.69 Å². The van der Waals surface area contributed by atoms with Gasteiger partial charge in [-0.05, 0) is 40.9 Å². The maximum Gasteiger partial charge on any atom is 0.0410 e. The molecule has 1 atom stereocenters. The largest absolute Gasteiger partial charge is 0.384 e. The van der Waals surface area contributed by atoms with E-state index in [2.05, 4.69) is 74.6 Å². The van der Waals surface area contributed by atoms with Crippen molar-refractivity contribution < 1.29 is 0 Å². The molecule has 21 heavy (non-hydrogen) atoms. The minimum atomic E-state index is 0.199. The topological polar surface area (TPSA) is 12.0 Å². The molecule has 2 aromatic rings. The molecule has 0 saturated heterocycles. The van der Waals surface area contributed by atoms with Gasteiger partial charge in [-0.15, -0.1) is 0 Å². The number of hydrogen-bond acceptors (Lipinski definition) is 1. The lowest BCUT2D eigenvalue weighted by atomic mass is 9.81. The van der Waals surface area contributed by atoms with Crippen molar-refractivity contribution in [2.75, 3.05) is 11.9 Å². The third kappa shape index (κ3) is 3.12. The van der Waals surface area contributed by atoms with Crippen LogP contribution in [0.2, 0.25) is 0 Å². The molecule has 0 spiro atoms. The zero-order chi connectivity index (χ0) is 14.9. The van der Waals surface area contributed by atoms with E-state index in [-0.39, 0.29) is 5.41 Å². The first-order valence-electron chi connectivity index (χ1n) is 7.94. The molecule has 0 radical (unpaired) electrons. The molecule has 1 nitrogen and oxygen atoms in total. The number of para-hydroxylation sites is 1. The van der Waals surface area contributed by atoms with Gasteiger partial charge in [-0.2, -0.15) is 0 Å². The number of fused-ring (bicyclic) bond motifs is 1. The van der Waals surface area contributed by atoms with Gasteiger partial charge in [-0.3, -0.25) is 0 Å². The third-order valence-corrected chi connectivity index (χ3v) is 4.40. The molecule has 0 aromatic heterocycles. The van der Waals surface area contributed by atoms with Crippen LogP contribution < -0.4 is 5.32 Å². The van der Waals surface area contributed by atoms with Crippen LogP contribution in [0.3, 0.4) is 0 Å². The first-order chi connectivity index (χ1) is 10.0. The maximum absolute atomic E-state index is 3.71. The lowest BCUT2D eigenvalue weighted by Crippen LogP contribution is -2.27. The van der Waals surface area contributed by atoms with Crippen LogP contribution in [0.15, 0.2) is 48.5 Å². The van der Waals surface area contributed by atoms with E-state index < -0.39 is 0 Å². The molecule has 1 aliphatic rings. The van der Waals surface area contributed by atoms with Gasteiger partial charge in [0.25, 0.3) is 0 Å². The first kappa shape index (κ1) is 14.2. The second kappa shape index (κ2) is 5.55. The number of nitrogens with one attached hydrogen (secondary N) is 1. The van der Waals surface area contributed by atoms with Gasteiger partial charge in [0.05, 0.1) is 0 Å². The predicted octanol–water partition coefficient (Wildman–Crippen LogP) is 4.81. The van der Waals surface area contributed by atoms with Crippen LogP contribution in [0.1, 0.15) is 37.5 Å². The molecule has 1 N–H and O–H groups in total. The molecule has 1 heterocycles. The minimum Gasteiger partial charge on any atom is -0.384 e. The Balaban J connectivity index is 1.80. The van der Waals surface area contributed by atoms with E-state index in [1.165, 1.54) is 28.8 Å². The van der Waals surface area contributed by atoms with Gasteiger partial charge in [0.2, 0.25) is 0 Å². The van der Waals surface area contributed by atoms with E-state index in [1.807, 2.05) is 0 Å². The number of anilines is 1. The van der Waals surface area contributed by atoms with Crippen molar-refractivity contribution in [3.8, 4) is 0 Å². The fourth-order valence-electron chi connectivity index (χ4n) is 3.33. The summed E-state index contributed by atoms with van der Waals surface area (Å²) in [6, 6.07) is 17.6. The van der Waals surface area contributed by atoms with Crippen molar-refractivity contribution in [2.24, 2.45) is 5.92 Å². The van der Waals surface area contributed by atoms with E-state index in [4.69, 9.17) is 0 Å². The van der Waals surface area contributed by atoms with Crippen LogP contribution in [0.5, 0.6) is 0 Å². The van der Waals surface area contributed by atoms with Crippen LogP contribution in [0, 0.1) is 5.92 Å². The molecule has 0 fully saturated rings. The summed E-state index contributed by atoms with van der Waals surface area (Å²) in [4.78, 5) is 0. The lowest BCUT2D eigenvalue weighted by Gasteiger charge is -2.32. The predicted molar refractivity (Wildman–Crippen MR) is 91.0 cm³/mol. The molecule has 110 valence electrons. The molecule has 0 bridgehead atoms. The summed E-state index contributed by atoms with van der Waals surface area (Å²) in [5, 5.41) is 3.71. The van der Waals surface area contributed by atoms with Crippen molar-refractivity contribution in [3.05, 3.63) is 65.2 Å². The Kier molecular flexibility index (Phi) is 3.75. The minimum absolute atomic E-state index is 0.199. The first-order valence-corrected chi connectivity index (χ1v) is 7.94. The van der Waals surface area contributed by atoms with E-state index in [0.29, 0.717) is 5.92 Å². The normalized spacial score (nSPS) is 18.0. The molecule has 0 aliphatic carbocycles. The number of rotatable bonds is 2. The molecule has 2 aromatic carbocycles. The van der Waals surface area contributed by atoms with Gasteiger partial charge in [0, 0.05) is 12.2 Å². The zero-order valence-electron chi connectivity index (χ0n) is 13.3. The summed E-state index contributed by atoms with van der Waals surface area (Å²) < 4.78 is 0. The van der Waals surface area contributed by atoms with Crippen LogP contribution in [-0.4, -0.2) is 6.54 Å². The standard InChI is InChI=1S/C20H25N/c1-20(2,3)18-11-7-10-17-13-16(14-21-19(17)18)12-15-8-5-4-6-9-15/h4-11,16,21H,12-14H2,1-3H3. The maximum atomic E-state index is 3.71. The Morgan fingerprint density at radius 3 is 2.48 bits per heavy atom. The van der Waals surface area contributed by atoms with Gasteiger partial charge in [0.1, 0.15) is 0 Å². The molecule has 1 aliphatic heterocycles. The summed E-state index contributed by atoms with van der Waals surface area (Å²) in [6.07, 6.45) is 2.34. The highest BCUT2D eigenvalue weighted by Crippen LogP contribution is 2.36. The number of hydrogen-bond donors (Lipinski definition) is 1. The highest BCUT2D eigenvalue weighted by Gasteiger charge is 2.25. The smallest absolute Gasteiger partial charge is 0.0410 e. The van der Waals surface area contributed by atoms with E-state index in [0.717, 1.165) is 13.0 Å². The fourth-order valence-corrected chi connectivity index (χ4v) is 3.33. The molecule has 1 heteroatoms. The van der Waals surface area contributed by atoms with Crippen molar-refractivity contribution in [1.29, 1.82) is 0 Å². The van der Waals surface area contributed by atoms with Crippen LogP contribution in [-0.2, 0) is 18.3 Å². The Labute approximate surface area is 128 Å². The SMILES string of the molecule is CC(C)(C)c1cccc2c1NCC(Cc1ccccc1)C2. The molecule has 3 rings (SSSR count). The summed E-state index contributed by atoms with van der Waals surface area (Å²) in [7, 11) is 0. The van der Waals surface area contributed by atoms with E-state index >= 15 is 0 Å².